The smallest absolute Gasteiger partial charge is 0.0593 e. The van der Waals surface area contributed by atoms with Gasteiger partial charge in [-0.05, 0) is 37.9 Å². The number of unbranched alkanes of at least 4 members (excludes halogenated alkanes) is 1. The topological polar surface area (TPSA) is 12.5 Å². The zero-order valence-electron chi connectivity index (χ0n) is 11.9. The van der Waals surface area contributed by atoms with E-state index in [9.17, 15) is 0 Å². The second-order valence-corrected chi connectivity index (χ2v) is 4.32. The standard InChI is InChI=1S/C11H25NOS.C2H6/c1-4-12(5-2)8-10-13-9-6-7-11-14-3;1-2/h4-11H2,1-3H3;1-2H3. The van der Waals surface area contributed by atoms with Crippen LogP contribution in [0.5, 0.6) is 0 Å². The third kappa shape index (κ3) is 14.3. The first kappa shape index (κ1) is 18.6. The Morgan fingerprint density at radius 3 is 2.12 bits per heavy atom. The van der Waals surface area contributed by atoms with E-state index in [2.05, 4.69) is 25.0 Å². The van der Waals surface area contributed by atoms with Gasteiger partial charge in [0.1, 0.15) is 0 Å². The molecule has 0 unspecified atom stereocenters. The highest BCUT2D eigenvalue weighted by atomic mass is 32.2. The molecule has 0 aromatic heterocycles. The highest BCUT2D eigenvalue weighted by Crippen LogP contribution is 1.99. The van der Waals surface area contributed by atoms with E-state index >= 15 is 0 Å². The molecule has 2 nitrogen and oxygen atoms in total. The highest BCUT2D eigenvalue weighted by molar-refractivity contribution is 7.98. The summed E-state index contributed by atoms with van der Waals surface area (Å²) in [5.74, 6) is 1.26. The second kappa shape index (κ2) is 17.7. The normalized spacial score (nSPS) is 10.1. The first-order valence-electron chi connectivity index (χ1n) is 6.64. The van der Waals surface area contributed by atoms with Gasteiger partial charge in [-0.2, -0.15) is 11.8 Å². The summed E-state index contributed by atoms with van der Waals surface area (Å²) in [5, 5.41) is 0. The van der Waals surface area contributed by atoms with Gasteiger partial charge in [0.15, 0.2) is 0 Å². The van der Waals surface area contributed by atoms with Gasteiger partial charge >= 0.3 is 0 Å². The third-order valence-electron chi connectivity index (χ3n) is 2.33. The monoisotopic (exact) mass is 249 g/mol. The van der Waals surface area contributed by atoms with Gasteiger partial charge in [0.05, 0.1) is 6.61 Å². The molecular weight excluding hydrogens is 218 g/mol. The van der Waals surface area contributed by atoms with Crippen LogP contribution in [-0.4, -0.2) is 49.8 Å². The van der Waals surface area contributed by atoms with E-state index in [0.717, 1.165) is 32.8 Å². The molecule has 0 bridgehead atoms. The SMILES string of the molecule is CC.CCN(CC)CCOCCCCSC. The van der Waals surface area contributed by atoms with E-state index in [1.807, 2.05) is 25.6 Å². The van der Waals surface area contributed by atoms with Crippen molar-refractivity contribution >= 4 is 11.8 Å². The van der Waals surface area contributed by atoms with E-state index in [0.29, 0.717) is 0 Å². The van der Waals surface area contributed by atoms with Crippen molar-refractivity contribution in [3.05, 3.63) is 0 Å². The molecule has 16 heavy (non-hydrogen) atoms. The van der Waals surface area contributed by atoms with Gasteiger partial charge in [0.2, 0.25) is 0 Å². The Kier molecular flexibility index (Phi) is 20.6. The van der Waals surface area contributed by atoms with E-state index < -0.39 is 0 Å². The molecule has 100 valence electrons. The van der Waals surface area contributed by atoms with Gasteiger partial charge in [0, 0.05) is 13.2 Å². The van der Waals surface area contributed by atoms with Crippen LogP contribution in [0.4, 0.5) is 0 Å². The maximum Gasteiger partial charge on any atom is 0.0593 e. The van der Waals surface area contributed by atoms with E-state index in [1.165, 1.54) is 18.6 Å². The molecule has 0 aliphatic heterocycles. The molecule has 3 heteroatoms. The van der Waals surface area contributed by atoms with Gasteiger partial charge in [-0.25, -0.2) is 0 Å². The fourth-order valence-corrected chi connectivity index (χ4v) is 1.78. The fourth-order valence-electron chi connectivity index (χ4n) is 1.29. The van der Waals surface area contributed by atoms with Crippen molar-refractivity contribution in [1.29, 1.82) is 0 Å². The number of thioether (sulfide) groups is 1. The molecule has 0 spiro atoms. The van der Waals surface area contributed by atoms with Crippen molar-refractivity contribution in [2.75, 3.05) is 44.9 Å². The van der Waals surface area contributed by atoms with Crippen LogP contribution in [0.1, 0.15) is 40.5 Å². The summed E-state index contributed by atoms with van der Waals surface area (Å²) in [6.45, 7) is 13.6. The number of nitrogens with zero attached hydrogens (tertiary/aromatic N) is 1. The molecule has 0 amide bonds. The molecule has 0 rings (SSSR count). The van der Waals surface area contributed by atoms with Gasteiger partial charge in [-0.3, -0.25) is 0 Å². The Morgan fingerprint density at radius 2 is 1.62 bits per heavy atom. The predicted octanol–water partition coefficient (Wildman–Crippen LogP) is 3.51. The van der Waals surface area contributed by atoms with Crippen LogP contribution in [0.2, 0.25) is 0 Å². The molecule has 0 fully saturated rings. The molecule has 0 aliphatic carbocycles. The fraction of sp³-hybridized carbons (Fsp3) is 1.00. The molecule has 0 aliphatic rings. The maximum absolute atomic E-state index is 5.56. The predicted molar refractivity (Wildman–Crippen MR) is 77.6 cm³/mol. The van der Waals surface area contributed by atoms with Crippen LogP contribution < -0.4 is 0 Å². The first-order valence-corrected chi connectivity index (χ1v) is 8.03. The van der Waals surface area contributed by atoms with Crippen LogP contribution in [-0.2, 0) is 4.74 Å². The van der Waals surface area contributed by atoms with Crippen LogP contribution in [0.25, 0.3) is 0 Å². The molecule has 0 aromatic rings. The van der Waals surface area contributed by atoms with Crippen molar-refractivity contribution < 1.29 is 4.74 Å². The number of hydrogen-bond acceptors (Lipinski definition) is 3. The van der Waals surface area contributed by atoms with Crippen LogP contribution >= 0.6 is 11.8 Å². The van der Waals surface area contributed by atoms with Crippen LogP contribution in [0.15, 0.2) is 0 Å². The van der Waals surface area contributed by atoms with Gasteiger partial charge in [-0.15, -0.1) is 0 Å². The molecule has 0 radical (unpaired) electrons. The van der Waals surface area contributed by atoms with Crippen LogP contribution in [0.3, 0.4) is 0 Å². The van der Waals surface area contributed by atoms with Crippen molar-refractivity contribution in [3.8, 4) is 0 Å². The zero-order chi connectivity index (χ0) is 12.6. The Hall–Kier alpha value is 0.270. The summed E-state index contributed by atoms with van der Waals surface area (Å²) in [6.07, 6.45) is 4.65. The Labute approximate surface area is 107 Å². The molecule has 0 atom stereocenters. The molecule has 0 saturated heterocycles. The average Bonchev–Trinajstić information content (AvgIpc) is 2.35. The summed E-state index contributed by atoms with van der Waals surface area (Å²) in [6, 6.07) is 0. The third-order valence-corrected chi connectivity index (χ3v) is 3.03. The Bertz CT molecular complexity index is 108. The average molecular weight is 249 g/mol. The lowest BCUT2D eigenvalue weighted by Gasteiger charge is -2.17. The molecule has 0 saturated carbocycles. The number of rotatable bonds is 10. The van der Waals surface area contributed by atoms with E-state index in [1.54, 1.807) is 0 Å². The lowest BCUT2D eigenvalue weighted by atomic mass is 10.4. The first-order chi connectivity index (χ1) is 7.85. The minimum atomic E-state index is 0.890. The summed E-state index contributed by atoms with van der Waals surface area (Å²) in [5.41, 5.74) is 0. The molecule has 0 N–H and O–H groups in total. The molecule has 0 heterocycles. The van der Waals surface area contributed by atoms with Gasteiger partial charge < -0.3 is 9.64 Å². The minimum Gasteiger partial charge on any atom is -0.380 e. The van der Waals surface area contributed by atoms with Gasteiger partial charge in [-0.1, -0.05) is 27.7 Å². The zero-order valence-corrected chi connectivity index (χ0v) is 12.7. The number of hydrogen-bond donors (Lipinski definition) is 0. The van der Waals surface area contributed by atoms with Crippen LogP contribution in [0, 0.1) is 0 Å². The largest absolute Gasteiger partial charge is 0.380 e. The second-order valence-electron chi connectivity index (χ2n) is 3.34. The lowest BCUT2D eigenvalue weighted by molar-refractivity contribution is 0.105. The lowest BCUT2D eigenvalue weighted by Crippen LogP contribution is -2.27. The summed E-state index contributed by atoms with van der Waals surface area (Å²) >= 11 is 1.91. The Morgan fingerprint density at radius 1 is 1.00 bits per heavy atom. The van der Waals surface area contributed by atoms with Crippen molar-refractivity contribution in [2.45, 2.75) is 40.5 Å². The van der Waals surface area contributed by atoms with Gasteiger partial charge in [0.25, 0.3) is 0 Å². The van der Waals surface area contributed by atoms with E-state index in [-0.39, 0.29) is 0 Å². The highest BCUT2D eigenvalue weighted by Gasteiger charge is 1.97. The summed E-state index contributed by atoms with van der Waals surface area (Å²) in [7, 11) is 0. The number of ether oxygens (including phenoxy) is 1. The van der Waals surface area contributed by atoms with Crippen molar-refractivity contribution in [1.82, 2.24) is 4.90 Å². The van der Waals surface area contributed by atoms with Crippen molar-refractivity contribution in [2.24, 2.45) is 0 Å². The Balaban J connectivity index is 0. The molecule has 0 aromatic carbocycles. The maximum atomic E-state index is 5.56. The summed E-state index contributed by atoms with van der Waals surface area (Å²) < 4.78 is 5.56. The molecular formula is C13H31NOS. The summed E-state index contributed by atoms with van der Waals surface area (Å²) in [4.78, 5) is 2.39. The number of likely N-dealkylation sites (N-methyl/N-ethyl adjacent to an activating group) is 1. The van der Waals surface area contributed by atoms with E-state index in [4.69, 9.17) is 4.74 Å². The quantitative estimate of drug-likeness (QED) is 0.550. The van der Waals surface area contributed by atoms with Crippen molar-refractivity contribution in [3.63, 3.8) is 0 Å². The minimum absolute atomic E-state index is 0.890.